The monoisotopic (exact) mass is 620 g/mol. The van der Waals surface area contributed by atoms with E-state index in [9.17, 15) is 9.59 Å². The lowest BCUT2D eigenvalue weighted by Crippen LogP contribution is -2.59. The maximum absolute atomic E-state index is 13.7. The van der Waals surface area contributed by atoms with Crippen LogP contribution in [0.1, 0.15) is 102 Å². The molecule has 0 bridgehead atoms. The van der Waals surface area contributed by atoms with Gasteiger partial charge in [-0.1, -0.05) is 48.5 Å². The number of fused-ring (bicyclic) bond motifs is 2. The van der Waals surface area contributed by atoms with E-state index in [4.69, 9.17) is 9.47 Å². The van der Waals surface area contributed by atoms with Gasteiger partial charge in [0, 0.05) is 47.8 Å². The van der Waals surface area contributed by atoms with E-state index in [-0.39, 0.29) is 46.3 Å². The molecule has 2 aliphatic rings. The van der Waals surface area contributed by atoms with E-state index in [1.807, 2.05) is 54.6 Å². The van der Waals surface area contributed by atoms with Crippen LogP contribution in [0.2, 0.25) is 0 Å². The van der Waals surface area contributed by atoms with Crippen LogP contribution >= 0.6 is 0 Å². The number of hydrogen-bond acceptors (Lipinski definition) is 6. The summed E-state index contributed by atoms with van der Waals surface area (Å²) in [4.78, 5) is 27.4. The molecule has 6 nitrogen and oxygen atoms in total. The molecule has 2 fully saturated rings. The Hall–Kier alpha value is -3.74. The first-order valence-corrected chi connectivity index (χ1v) is 16.5. The van der Waals surface area contributed by atoms with Crippen molar-refractivity contribution in [3.63, 3.8) is 0 Å². The standard InChI is InChI=1S/C40H48N2O4/c1-37(2)21-29(22-38(3,4)41-37)45-35(43)28-18-26-12-9-10-14-31(26)34(20-28)27-17-16-25-13-11-15-32(33(25)19-27)36(44)46-30-23-39(5,6)42-40(7,8)24-30/h9-20,29-30,41-42H,21-24H2,1-8H3. The van der Waals surface area contributed by atoms with Gasteiger partial charge in [-0.05, 0) is 112 Å². The second-order valence-electron chi connectivity index (χ2n) is 16.1. The number of esters is 2. The lowest BCUT2D eigenvalue weighted by atomic mass is 9.81. The topological polar surface area (TPSA) is 76.7 Å². The zero-order chi connectivity index (χ0) is 33.1. The SMILES string of the molecule is CC1(C)CC(OC(=O)c2cc(-c3ccc4cccc(C(=O)OC5CC(C)(C)NC(C)(C)C5)c4c3)c3ccccc3c2)CC(C)(C)N1. The zero-order valence-electron chi connectivity index (χ0n) is 28.5. The van der Waals surface area contributed by atoms with E-state index >= 15 is 0 Å². The van der Waals surface area contributed by atoms with Gasteiger partial charge in [-0.2, -0.15) is 0 Å². The fourth-order valence-corrected chi connectivity index (χ4v) is 8.34. The van der Waals surface area contributed by atoms with E-state index < -0.39 is 0 Å². The normalized spacial score (nSPS) is 20.8. The van der Waals surface area contributed by atoms with Gasteiger partial charge in [0.05, 0.1) is 11.1 Å². The Balaban J connectivity index is 1.34. The number of piperidine rings is 2. The number of benzene rings is 4. The number of hydrogen-bond donors (Lipinski definition) is 2. The van der Waals surface area contributed by atoms with Crippen LogP contribution in [0.3, 0.4) is 0 Å². The number of ether oxygens (including phenoxy) is 2. The van der Waals surface area contributed by atoms with Gasteiger partial charge in [0.2, 0.25) is 0 Å². The van der Waals surface area contributed by atoms with Gasteiger partial charge in [-0.3, -0.25) is 0 Å². The zero-order valence-corrected chi connectivity index (χ0v) is 28.5. The van der Waals surface area contributed by atoms with Gasteiger partial charge in [0.25, 0.3) is 0 Å². The van der Waals surface area contributed by atoms with Crippen LogP contribution in [0.5, 0.6) is 0 Å². The Bertz CT molecular complexity index is 1790. The average Bonchev–Trinajstić information content (AvgIpc) is 2.92. The predicted molar refractivity (Wildman–Crippen MR) is 186 cm³/mol. The van der Waals surface area contributed by atoms with Crippen molar-refractivity contribution in [2.24, 2.45) is 0 Å². The first-order chi connectivity index (χ1) is 21.5. The van der Waals surface area contributed by atoms with Crippen LogP contribution in [0.4, 0.5) is 0 Å². The van der Waals surface area contributed by atoms with E-state index in [1.165, 1.54) is 0 Å². The fraction of sp³-hybridized carbons (Fsp3) is 0.450. The molecule has 46 heavy (non-hydrogen) atoms. The summed E-state index contributed by atoms with van der Waals surface area (Å²) in [6.45, 7) is 17.2. The molecule has 2 N–H and O–H groups in total. The van der Waals surface area contributed by atoms with Gasteiger partial charge in [-0.25, -0.2) is 9.59 Å². The molecule has 0 aliphatic carbocycles. The lowest BCUT2D eigenvalue weighted by molar-refractivity contribution is -0.00756. The summed E-state index contributed by atoms with van der Waals surface area (Å²) >= 11 is 0. The van der Waals surface area contributed by atoms with Gasteiger partial charge in [0.1, 0.15) is 12.2 Å². The molecule has 0 spiro atoms. The molecule has 242 valence electrons. The Morgan fingerprint density at radius 3 is 1.74 bits per heavy atom. The van der Waals surface area contributed by atoms with E-state index in [2.05, 4.69) is 84.2 Å². The summed E-state index contributed by atoms with van der Waals surface area (Å²) in [7, 11) is 0. The van der Waals surface area contributed by atoms with E-state index in [0.29, 0.717) is 11.1 Å². The molecular formula is C40H48N2O4. The van der Waals surface area contributed by atoms with Crippen molar-refractivity contribution in [2.75, 3.05) is 0 Å². The molecule has 4 aromatic rings. The number of nitrogens with one attached hydrogen (secondary N) is 2. The van der Waals surface area contributed by atoms with Crippen LogP contribution in [0.15, 0.2) is 72.8 Å². The molecule has 0 radical (unpaired) electrons. The first kappa shape index (κ1) is 32.2. The minimum absolute atomic E-state index is 0.133. The third-order valence-corrected chi connectivity index (χ3v) is 9.36. The van der Waals surface area contributed by atoms with Crippen LogP contribution in [-0.2, 0) is 9.47 Å². The Kier molecular flexibility index (Phi) is 8.05. The molecule has 0 atom stereocenters. The molecule has 0 saturated carbocycles. The summed E-state index contributed by atoms with van der Waals surface area (Å²) in [6.07, 6.45) is 2.63. The van der Waals surface area contributed by atoms with Gasteiger partial charge >= 0.3 is 11.9 Å². The first-order valence-electron chi connectivity index (χ1n) is 16.5. The summed E-state index contributed by atoms with van der Waals surface area (Å²) in [5, 5.41) is 11.1. The molecule has 0 aromatic heterocycles. The Morgan fingerprint density at radius 1 is 0.587 bits per heavy atom. The second-order valence-corrected chi connectivity index (χ2v) is 16.1. The van der Waals surface area contributed by atoms with Crippen molar-refractivity contribution in [3.8, 4) is 11.1 Å². The van der Waals surface area contributed by atoms with Crippen molar-refractivity contribution >= 4 is 33.5 Å². The summed E-state index contributed by atoms with van der Waals surface area (Å²) < 4.78 is 12.3. The minimum atomic E-state index is -0.316. The van der Waals surface area contributed by atoms with Crippen LogP contribution < -0.4 is 10.6 Å². The molecule has 0 amide bonds. The van der Waals surface area contributed by atoms with Crippen molar-refractivity contribution in [3.05, 3.63) is 83.9 Å². The van der Waals surface area contributed by atoms with Crippen molar-refractivity contribution in [2.45, 2.75) is 115 Å². The second kappa shape index (κ2) is 11.5. The number of carbonyl (C=O) groups excluding carboxylic acids is 2. The molecule has 0 unspecified atom stereocenters. The highest BCUT2D eigenvalue weighted by molar-refractivity contribution is 6.08. The molecule has 6 heteroatoms. The predicted octanol–water partition coefficient (Wildman–Crippen LogP) is 8.59. The van der Waals surface area contributed by atoms with Crippen molar-refractivity contribution < 1.29 is 19.1 Å². The van der Waals surface area contributed by atoms with Crippen LogP contribution in [0.25, 0.3) is 32.7 Å². The fourth-order valence-electron chi connectivity index (χ4n) is 8.34. The third kappa shape index (κ3) is 6.98. The number of carbonyl (C=O) groups is 2. The Morgan fingerprint density at radius 2 is 1.13 bits per heavy atom. The summed E-state index contributed by atoms with van der Waals surface area (Å²) in [6, 6.07) is 23.9. The highest BCUT2D eigenvalue weighted by Crippen LogP contribution is 2.36. The maximum atomic E-state index is 13.7. The van der Waals surface area contributed by atoms with Crippen LogP contribution in [-0.4, -0.2) is 46.3 Å². The van der Waals surface area contributed by atoms with Gasteiger partial charge in [0.15, 0.2) is 0 Å². The van der Waals surface area contributed by atoms with Gasteiger partial charge < -0.3 is 20.1 Å². The highest BCUT2D eigenvalue weighted by atomic mass is 16.5. The number of rotatable bonds is 5. The minimum Gasteiger partial charge on any atom is -0.459 e. The van der Waals surface area contributed by atoms with Crippen molar-refractivity contribution in [1.29, 1.82) is 0 Å². The Labute approximate surface area is 273 Å². The molecule has 4 aromatic carbocycles. The average molecular weight is 621 g/mol. The van der Waals surface area contributed by atoms with Crippen LogP contribution in [0, 0.1) is 0 Å². The molecule has 6 rings (SSSR count). The largest absolute Gasteiger partial charge is 0.459 e. The van der Waals surface area contributed by atoms with Gasteiger partial charge in [-0.15, -0.1) is 0 Å². The smallest absolute Gasteiger partial charge is 0.339 e. The quantitative estimate of drug-likeness (QED) is 0.218. The molecular weight excluding hydrogens is 572 g/mol. The third-order valence-electron chi connectivity index (χ3n) is 9.36. The summed E-state index contributed by atoms with van der Waals surface area (Å²) in [5.41, 5.74) is 2.38. The van der Waals surface area contributed by atoms with E-state index in [1.54, 1.807) is 0 Å². The highest BCUT2D eigenvalue weighted by Gasteiger charge is 2.40. The molecule has 2 saturated heterocycles. The van der Waals surface area contributed by atoms with E-state index in [0.717, 1.165) is 58.4 Å². The lowest BCUT2D eigenvalue weighted by Gasteiger charge is -2.45. The molecule has 2 heterocycles. The van der Waals surface area contributed by atoms with Crippen molar-refractivity contribution in [1.82, 2.24) is 10.6 Å². The maximum Gasteiger partial charge on any atom is 0.339 e. The molecule has 2 aliphatic heterocycles. The summed E-state index contributed by atoms with van der Waals surface area (Å²) in [5.74, 6) is -0.625.